The summed E-state index contributed by atoms with van der Waals surface area (Å²) in [4.78, 5) is 4.52. The smallest absolute Gasteiger partial charge is 0.231 e. The molecule has 38 heavy (non-hydrogen) atoms. The Bertz CT molecular complexity index is 1370. The number of ether oxygens (including phenoxy) is 4. The first-order valence-electron chi connectivity index (χ1n) is 13.0. The van der Waals surface area contributed by atoms with Gasteiger partial charge in [0.1, 0.15) is 18.4 Å². The van der Waals surface area contributed by atoms with Crippen molar-refractivity contribution in [3.8, 4) is 34.8 Å². The fourth-order valence-electron chi connectivity index (χ4n) is 7.40. The zero-order valence-electron chi connectivity index (χ0n) is 22.3. The van der Waals surface area contributed by atoms with Gasteiger partial charge in [0.2, 0.25) is 6.79 Å². The number of aromatic hydroxyl groups is 1. The number of aryl methyl sites for hydroxylation is 1. The van der Waals surface area contributed by atoms with E-state index in [2.05, 4.69) is 35.6 Å². The maximum absolute atomic E-state index is 11.5. The van der Waals surface area contributed by atoms with E-state index in [1.165, 1.54) is 0 Å². The van der Waals surface area contributed by atoms with E-state index in [1.54, 1.807) is 13.2 Å². The number of hydrogen-bond acceptors (Lipinski definition) is 9. The standard InChI is InChI=1S/C29H34N4O5/c1-6-7-36-27-15(3)28-29(38-13-37-28)23-17(27)10-19-24-22-16(8-14(2)26(35-5)25(22)34)9-18(32(24)4)20(11-30)33(19)21(23)12-31/h6,8,18-21,24,34H,1,7,9-10,12-13,31H2,2-5H3/t18-,19?,20+,21+,24+/m1/s1. The average molecular weight is 519 g/mol. The zero-order valence-corrected chi connectivity index (χ0v) is 22.3. The van der Waals surface area contributed by atoms with Crippen molar-refractivity contribution in [2.45, 2.75) is 56.9 Å². The van der Waals surface area contributed by atoms with Gasteiger partial charge in [-0.2, -0.15) is 5.26 Å². The molecular formula is C29H34N4O5. The largest absolute Gasteiger partial charge is 0.504 e. The van der Waals surface area contributed by atoms with Crippen LogP contribution < -0.4 is 24.7 Å². The molecule has 0 spiro atoms. The summed E-state index contributed by atoms with van der Waals surface area (Å²) in [5, 5.41) is 22.0. The second kappa shape index (κ2) is 9.09. The van der Waals surface area contributed by atoms with E-state index >= 15 is 0 Å². The molecule has 2 bridgehead atoms. The van der Waals surface area contributed by atoms with Crippen molar-refractivity contribution in [2.75, 3.05) is 34.1 Å². The summed E-state index contributed by atoms with van der Waals surface area (Å²) in [6.07, 6.45) is 2.96. The minimum Gasteiger partial charge on any atom is -0.504 e. The molecule has 3 N–H and O–H groups in total. The van der Waals surface area contributed by atoms with Gasteiger partial charge in [-0.25, -0.2) is 0 Å². The number of nitriles is 1. The minimum atomic E-state index is -0.405. The highest BCUT2D eigenvalue weighted by Crippen LogP contribution is 2.58. The van der Waals surface area contributed by atoms with Gasteiger partial charge in [-0.15, -0.1) is 0 Å². The summed E-state index contributed by atoms with van der Waals surface area (Å²) in [5.41, 5.74) is 12.2. The molecule has 4 heterocycles. The highest BCUT2D eigenvalue weighted by Gasteiger charge is 2.56. The maximum Gasteiger partial charge on any atom is 0.231 e. The van der Waals surface area contributed by atoms with Gasteiger partial charge in [0.25, 0.3) is 0 Å². The molecule has 6 rings (SSSR count). The number of piperazine rings is 1. The Kier molecular flexibility index (Phi) is 5.94. The van der Waals surface area contributed by atoms with Gasteiger partial charge in [0.05, 0.1) is 25.3 Å². The Balaban J connectivity index is 1.60. The summed E-state index contributed by atoms with van der Waals surface area (Å²) >= 11 is 0. The van der Waals surface area contributed by atoms with Gasteiger partial charge in [-0.05, 0) is 44.9 Å². The third-order valence-corrected chi connectivity index (χ3v) is 8.83. The van der Waals surface area contributed by atoms with E-state index in [4.69, 9.17) is 24.7 Å². The summed E-state index contributed by atoms with van der Waals surface area (Å²) in [6.45, 7) is 8.52. The molecule has 2 aromatic rings. The van der Waals surface area contributed by atoms with Crippen LogP contribution in [0.1, 0.15) is 45.5 Å². The SMILES string of the molecule is C=CCOc1c(C)c2c(c3c1CC1[C@H]4c5c(cc(C)c(OC)c5O)C[C@H]([C@H](C#N)N1[C@H]3CN)N4C)OCO2. The molecule has 0 radical (unpaired) electrons. The highest BCUT2D eigenvalue weighted by atomic mass is 16.7. The van der Waals surface area contributed by atoms with Crippen LogP contribution in [0.4, 0.5) is 0 Å². The van der Waals surface area contributed by atoms with Crippen LogP contribution in [0.5, 0.6) is 28.7 Å². The molecule has 9 nitrogen and oxygen atoms in total. The summed E-state index contributed by atoms with van der Waals surface area (Å²) in [6, 6.07) is 3.64. The van der Waals surface area contributed by atoms with Crippen molar-refractivity contribution < 1.29 is 24.1 Å². The minimum absolute atomic E-state index is 0.0660. The second-order valence-electron chi connectivity index (χ2n) is 10.6. The molecule has 0 amide bonds. The van der Waals surface area contributed by atoms with Crippen molar-refractivity contribution in [3.05, 3.63) is 52.1 Å². The molecule has 1 fully saturated rings. The molecule has 5 atom stereocenters. The zero-order chi connectivity index (χ0) is 26.9. The Morgan fingerprint density at radius 2 is 1.97 bits per heavy atom. The fraction of sp³-hybridized carbons (Fsp3) is 0.483. The number of hydrogen-bond donors (Lipinski definition) is 2. The number of rotatable bonds is 5. The monoisotopic (exact) mass is 518 g/mol. The number of methoxy groups -OCH3 is 1. The molecule has 1 saturated heterocycles. The molecule has 1 unspecified atom stereocenters. The number of likely N-dealkylation sites (N-methyl/N-ethyl adjacent to an activating group) is 1. The van der Waals surface area contributed by atoms with Crippen LogP contribution in [-0.4, -0.2) is 67.1 Å². The number of benzene rings is 2. The lowest BCUT2D eigenvalue weighted by atomic mass is 9.71. The first kappa shape index (κ1) is 24.9. The van der Waals surface area contributed by atoms with Crippen molar-refractivity contribution in [1.29, 1.82) is 5.26 Å². The Labute approximate surface area is 222 Å². The van der Waals surface area contributed by atoms with E-state index < -0.39 is 6.04 Å². The van der Waals surface area contributed by atoms with Crippen molar-refractivity contribution >= 4 is 0 Å². The van der Waals surface area contributed by atoms with Crippen LogP contribution in [0.25, 0.3) is 0 Å². The lowest BCUT2D eigenvalue weighted by Gasteiger charge is -2.60. The Morgan fingerprint density at radius 3 is 2.66 bits per heavy atom. The van der Waals surface area contributed by atoms with Gasteiger partial charge in [0, 0.05) is 40.9 Å². The van der Waals surface area contributed by atoms with Crippen LogP contribution in [-0.2, 0) is 12.8 Å². The third kappa shape index (κ3) is 3.20. The van der Waals surface area contributed by atoms with Crippen LogP contribution in [0, 0.1) is 25.2 Å². The van der Waals surface area contributed by atoms with Gasteiger partial charge in [0.15, 0.2) is 23.0 Å². The lowest BCUT2D eigenvalue weighted by molar-refractivity contribution is -0.0710. The maximum atomic E-state index is 11.5. The quantitative estimate of drug-likeness (QED) is 0.577. The summed E-state index contributed by atoms with van der Waals surface area (Å²) < 4.78 is 23.8. The van der Waals surface area contributed by atoms with Crippen LogP contribution in [0.3, 0.4) is 0 Å². The molecule has 0 aliphatic carbocycles. The molecule has 9 heteroatoms. The molecule has 4 aliphatic rings. The number of phenols is 1. The van der Waals surface area contributed by atoms with Crippen molar-refractivity contribution in [1.82, 2.24) is 9.80 Å². The number of nitrogens with two attached hydrogens (primary N) is 1. The van der Waals surface area contributed by atoms with E-state index in [9.17, 15) is 10.4 Å². The normalized spacial score (nSPS) is 27.1. The van der Waals surface area contributed by atoms with Gasteiger partial charge in [-0.3, -0.25) is 9.80 Å². The van der Waals surface area contributed by atoms with Crippen molar-refractivity contribution in [3.63, 3.8) is 0 Å². The fourth-order valence-corrected chi connectivity index (χ4v) is 7.40. The van der Waals surface area contributed by atoms with Crippen LogP contribution >= 0.6 is 0 Å². The molecule has 4 aliphatic heterocycles. The molecule has 200 valence electrons. The van der Waals surface area contributed by atoms with Crippen LogP contribution in [0.2, 0.25) is 0 Å². The van der Waals surface area contributed by atoms with Gasteiger partial charge < -0.3 is 29.8 Å². The van der Waals surface area contributed by atoms with E-state index in [-0.39, 0.29) is 36.7 Å². The molecule has 0 saturated carbocycles. The summed E-state index contributed by atoms with van der Waals surface area (Å²) in [7, 11) is 3.64. The van der Waals surface area contributed by atoms with Gasteiger partial charge in [-0.1, -0.05) is 18.7 Å². The van der Waals surface area contributed by atoms with E-state index in [0.717, 1.165) is 39.1 Å². The number of nitrogens with zero attached hydrogens (tertiary/aromatic N) is 3. The Morgan fingerprint density at radius 1 is 1.21 bits per heavy atom. The molecular weight excluding hydrogens is 484 g/mol. The predicted octanol–water partition coefficient (Wildman–Crippen LogP) is 3.04. The first-order chi connectivity index (χ1) is 18.4. The first-order valence-corrected chi connectivity index (χ1v) is 13.0. The second-order valence-corrected chi connectivity index (χ2v) is 10.6. The number of phenolic OH excluding ortho intramolecular Hbond substituents is 1. The average Bonchev–Trinajstić information content (AvgIpc) is 3.39. The topological polar surface area (TPSA) is 113 Å². The Hall–Kier alpha value is -3.45. The van der Waals surface area contributed by atoms with Crippen molar-refractivity contribution in [2.24, 2.45) is 5.73 Å². The molecule has 0 aromatic heterocycles. The predicted molar refractivity (Wildman–Crippen MR) is 141 cm³/mol. The number of fused-ring (bicyclic) bond motifs is 9. The lowest BCUT2D eigenvalue weighted by Crippen LogP contribution is -2.68. The third-order valence-electron chi connectivity index (χ3n) is 8.83. The summed E-state index contributed by atoms with van der Waals surface area (Å²) in [5.74, 6) is 2.78. The molecule has 2 aromatic carbocycles. The van der Waals surface area contributed by atoms with Crippen LogP contribution in [0.15, 0.2) is 18.7 Å². The highest BCUT2D eigenvalue weighted by molar-refractivity contribution is 5.66. The van der Waals surface area contributed by atoms with E-state index in [1.807, 2.05) is 13.8 Å². The van der Waals surface area contributed by atoms with Gasteiger partial charge >= 0.3 is 0 Å². The van der Waals surface area contributed by atoms with E-state index in [0.29, 0.717) is 43.2 Å².